The minimum absolute atomic E-state index is 0.0764. The lowest BCUT2D eigenvalue weighted by atomic mass is 10.1. The van der Waals surface area contributed by atoms with Gasteiger partial charge in [0.05, 0.1) is 22.8 Å². The maximum atomic E-state index is 14.6. The molecule has 3 heterocycles. The van der Waals surface area contributed by atoms with Crippen molar-refractivity contribution in [1.82, 2.24) is 24.3 Å². The molecule has 8 nitrogen and oxygen atoms in total. The van der Waals surface area contributed by atoms with E-state index in [0.29, 0.717) is 28.0 Å². The first-order valence-corrected chi connectivity index (χ1v) is 11.1. The molecule has 0 saturated carbocycles. The Hall–Kier alpha value is -3.88. The molecule has 5 rings (SSSR count). The van der Waals surface area contributed by atoms with Crippen LogP contribution in [0.2, 0.25) is 0 Å². The minimum Gasteiger partial charge on any atom is -0.326 e. The maximum absolute atomic E-state index is 14.6. The first-order chi connectivity index (χ1) is 16.1. The minimum atomic E-state index is -0.416. The van der Waals surface area contributed by atoms with E-state index in [2.05, 4.69) is 20.5 Å². The molecule has 2 aromatic carbocycles. The fraction of sp³-hybridized carbons (Fsp3) is 0.292. The Morgan fingerprint density at radius 1 is 1.09 bits per heavy atom. The molecule has 4 aromatic rings. The van der Waals surface area contributed by atoms with Crippen molar-refractivity contribution in [2.45, 2.75) is 45.2 Å². The summed E-state index contributed by atoms with van der Waals surface area (Å²) in [6, 6.07) is 11.5. The molecular formula is C24H23FN6O2. The Morgan fingerprint density at radius 3 is 2.88 bits per heavy atom. The molecule has 168 valence electrons. The molecule has 0 spiro atoms. The number of aryl methyl sites for hydroxylation is 2. The van der Waals surface area contributed by atoms with Crippen LogP contribution in [0.15, 0.2) is 53.6 Å². The monoisotopic (exact) mass is 446 g/mol. The van der Waals surface area contributed by atoms with E-state index in [4.69, 9.17) is 0 Å². The summed E-state index contributed by atoms with van der Waals surface area (Å²) in [5.74, 6) is 0.647. The smallest absolute Gasteiger partial charge is 0.261 e. The third-order valence-corrected chi connectivity index (χ3v) is 5.91. The summed E-state index contributed by atoms with van der Waals surface area (Å²) in [5, 5.41) is 11.8. The van der Waals surface area contributed by atoms with Crippen LogP contribution in [0.4, 0.5) is 10.1 Å². The van der Waals surface area contributed by atoms with Crippen molar-refractivity contribution in [2.75, 3.05) is 5.32 Å². The molecule has 0 aliphatic carbocycles. The molecule has 0 fully saturated rings. The number of nitrogens with zero attached hydrogens (tertiary/aromatic N) is 5. The molecule has 1 N–H and O–H groups in total. The number of carbonyl (C=O) groups is 1. The normalized spacial score (nSPS) is 13.5. The largest absolute Gasteiger partial charge is 0.326 e. The third kappa shape index (κ3) is 4.26. The lowest BCUT2D eigenvalue weighted by molar-refractivity contribution is -0.116. The van der Waals surface area contributed by atoms with Crippen molar-refractivity contribution >= 4 is 22.5 Å². The number of nitrogens with one attached hydrogen (secondary N) is 1. The van der Waals surface area contributed by atoms with Gasteiger partial charge >= 0.3 is 0 Å². The van der Waals surface area contributed by atoms with Gasteiger partial charge in [-0.25, -0.2) is 9.37 Å². The lowest BCUT2D eigenvalue weighted by Gasteiger charge is -2.11. The van der Waals surface area contributed by atoms with E-state index in [-0.39, 0.29) is 24.4 Å². The van der Waals surface area contributed by atoms with E-state index in [0.717, 1.165) is 38.1 Å². The number of aromatic nitrogens is 5. The highest BCUT2D eigenvalue weighted by molar-refractivity contribution is 5.91. The average molecular weight is 446 g/mol. The van der Waals surface area contributed by atoms with Crippen molar-refractivity contribution in [1.29, 1.82) is 0 Å². The van der Waals surface area contributed by atoms with Crippen LogP contribution in [-0.2, 0) is 24.3 Å². The highest BCUT2D eigenvalue weighted by Crippen LogP contribution is 2.27. The van der Waals surface area contributed by atoms with E-state index < -0.39 is 5.82 Å². The number of hydrogen-bond acceptors (Lipinski definition) is 5. The number of halogens is 1. The summed E-state index contributed by atoms with van der Waals surface area (Å²) >= 11 is 0. The summed E-state index contributed by atoms with van der Waals surface area (Å²) in [7, 11) is 0. The second-order valence-electron chi connectivity index (χ2n) is 8.16. The molecule has 2 aromatic heterocycles. The number of rotatable bonds is 5. The third-order valence-electron chi connectivity index (χ3n) is 5.91. The van der Waals surface area contributed by atoms with E-state index in [1.165, 1.54) is 23.0 Å². The number of hydrogen-bond donors (Lipinski definition) is 1. The first-order valence-electron chi connectivity index (χ1n) is 11.1. The Kier molecular flexibility index (Phi) is 5.68. The molecule has 0 bridgehead atoms. The van der Waals surface area contributed by atoms with Crippen molar-refractivity contribution in [3.63, 3.8) is 0 Å². The number of anilines is 1. The molecule has 0 saturated heterocycles. The molecule has 1 aliphatic rings. The molecule has 0 radical (unpaired) electrons. The van der Waals surface area contributed by atoms with Gasteiger partial charge in [-0.2, -0.15) is 0 Å². The van der Waals surface area contributed by atoms with Crippen LogP contribution in [0, 0.1) is 5.82 Å². The van der Waals surface area contributed by atoms with Crippen LogP contribution in [0.3, 0.4) is 0 Å². The van der Waals surface area contributed by atoms with Crippen LogP contribution in [-0.4, -0.2) is 30.2 Å². The van der Waals surface area contributed by atoms with Crippen LogP contribution in [0.5, 0.6) is 0 Å². The van der Waals surface area contributed by atoms with Crippen LogP contribution < -0.4 is 10.9 Å². The van der Waals surface area contributed by atoms with E-state index in [9.17, 15) is 14.0 Å². The number of fused-ring (bicyclic) bond motifs is 2. The fourth-order valence-corrected chi connectivity index (χ4v) is 4.17. The Labute approximate surface area is 189 Å². The highest BCUT2D eigenvalue weighted by Gasteiger charge is 2.19. The predicted molar refractivity (Wildman–Crippen MR) is 122 cm³/mol. The molecule has 33 heavy (non-hydrogen) atoms. The number of amides is 1. The Morgan fingerprint density at radius 2 is 1.97 bits per heavy atom. The quantitative estimate of drug-likeness (QED) is 0.506. The standard InChI is InChI=1S/C24H23FN6O2/c25-19-10-9-16(14-18(19)23-29-28-21-8-2-1-5-12-31(21)23)27-22(32)11-13-30-15-26-20-7-4-3-6-17(20)24(30)33/h3-4,6-7,9-10,14-15H,1-2,5,8,11-13H2,(H,27,32). The number of carbonyl (C=O) groups excluding carboxylic acids is 1. The molecular weight excluding hydrogens is 423 g/mol. The molecule has 1 aliphatic heterocycles. The topological polar surface area (TPSA) is 94.7 Å². The zero-order chi connectivity index (χ0) is 22.8. The number of para-hydroxylation sites is 1. The highest BCUT2D eigenvalue weighted by atomic mass is 19.1. The zero-order valence-electron chi connectivity index (χ0n) is 18.0. The maximum Gasteiger partial charge on any atom is 0.261 e. The predicted octanol–water partition coefficient (Wildman–Crippen LogP) is 3.55. The Balaban J connectivity index is 1.31. The van der Waals surface area contributed by atoms with Gasteiger partial charge in [0.15, 0.2) is 5.82 Å². The van der Waals surface area contributed by atoms with Crippen LogP contribution in [0.1, 0.15) is 31.5 Å². The van der Waals surface area contributed by atoms with E-state index in [1.54, 1.807) is 24.3 Å². The Bertz CT molecular complexity index is 1390. The summed E-state index contributed by atoms with van der Waals surface area (Å²) < 4.78 is 18.0. The van der Waals surface area contributed by atoms with Gasteiger partial charge in [-0.1, -0.05) is 18.6 Å². The second kappa shape index (κ2) is 8.93. The molecule has 9 heteroatoms. The van der Waals surface area contributed by atoms with Gasteiger partial charge < -0.3 is 9.88 Å². The summed E-state index contributed by atoms with van der Waals surface area (Å²) in [5.41, 5.74) is 1.20. The SMILES string of the molecule is O=C(CCn1cnc2ccccc2c1=O)Nc1ccc(F)c(-c2nnc3n2CCCCC3)c1. The van der Waals surface area contributed by atoms with Gasteiger partial charge in [0.1, 0.15) is 11.6 Å². The fourth-order valence-electron chi connectivity index (χ4n) is 4.17. The van der Waals surface area contributed by atoms with Crippen molar-refractivity contribution < 1.29 is 9.18 Å². The summed E-state index contributed by atoms with van der Waals surface area (Å²) in [4.78, 5) is 29.4. The summed E-state index contributed by atoms with van der Waals surface area (Å²) in [6.07, 6.45) is 5.51. The van der Waals surface area contributed by atoms with Crippen molar-refractivity contribution in [2.24, 2.45) is 0 Å². The molecule has 1 amide bonds. The summed E-state index contributed by atoms with van der Waals surface area (Å²) in [6.45, 7) is 0.941. The van der Waals surface area contributed by atoms with Gasteiger partial charge in [-0.05, 0) is 43.2 Å². The lowest BCUT2D eigenvalue weighted by Crippen LogP contribution is -2.23. The number of benzene rings is 2. The van der Waals surface area contributed by atoms with Gasteiger partial charge in [0.25, 0.3) is 5.56 Å². The molecule has 0 atom stereocenters. The van der Waals surface area contributed by atoms with E-state index >= 15 is 0 Å². The van der Waals surface area contributed by atoms with Crippen molar-refractivity contribution in [3.8, 4) is 11.4 Å². The van der Waals surface area contributed by atoms with Crippen LogP contribution >= 0.6 is 0 Å². The first kappa shape index (κ1) is 21.0. The molecule has 0 unspecified atom stereocenters. The van der Waals surface area contributed by atoms with Crippen LogP contribution in [0.25, 0.3) is 22.3 Å². The van der Waals surface area contributed by atoms with E-state index in [1.807, 2.05) is 10.6 Å². The van der Waals surface area contributed by atoms with Gasteiger partial charge in [0, 0.05) is 31.6 Å². The van der Waals surface area contributed by atoms with Crippen molar-refractivity contribution in [3.05, 3.63) is 70.8 Å². The van der Waals surface area contributed by atoms with Gasteiger partial charge in [0.2, 0.25) is 5.91 Å². The van der Waals surface area contributed by atoms with Gasteiger partial charge in [-0.15, -0.1) is 10.2 Å². The zero-order valence-corrected chi connectivity index (χ0v) is 18.0. The second-order valence-corrected chi connectivity index (χ2v) is 8.16. The average Bonchev–Trinajstić information content (AvgIpc) is 3.07. The van der Waals surface area contributed by atoms with Gasteiger partial charge in [-0.3, -0.25) is 14.2 Å².